The number of hydrogen-bond acceptors (Lipinski definition) is 5. The molecule has 0 spiro atoms. The normalized spacial score (nSPS) is 14.4. The first-order valence-corrected chi connectivity index (χ1v) is 10.0. The topological polar surface area (TPSA) is 84.3 Å². The maximum Gasteiger partial charge on any atom is 0.347 e. The van der Waals surface area contributed by atoms with Gasteiger partial charge in [0.1, 0.15) is 15.7 Å². The second-order valence-electron chi connectivity index (χ2n) is 7.23. The smallest absolute Gasteiger partial charge is 0.347 e. The fraction of sp³-hybridized carbons (Fsp3) is 0.429. The highest BCUT2D eigenvalue weighted by molar-refractivity contribution is 7.13. The summed E-state index contributed by atoms with van der Waals surface area (Å²) in [5.41, 5.74) is 2.86. The van der Waals surface area contributed by atoms with Crippen LogP contribution in [0.1, 0.15) is 67.5 Å². The van der Waals surface area contributed by atoms with Crippen LogP contribution >= 0.6 is 11.3 Å². The van der Waals surface area contributed by atoms with Crippen molar-refractivity contribution in [3.8, 4) is 0 Å². The lowest BCUT2D eigenvalue weighted by molar-refractivity contribution is -0.117. The summed E-state index contributed by atoms with van der Waals surface area (Å²) in [5.74, 6) is -0.866. The Morgan fingerprint density at radius 1 is 1.15 bits per heavy atom. The molecule has 1 heterocycles. The lowest BCUT2D eigenvalue weighted by Gasteiger charge is -2.13. The zero-order valence-electron chi connectivity index (χ0n) is 15.6. The van der Waals surface area contributed by atoms with Crippen LogP contribution in [0.5, 0.6) is 0 Å². The Kier molecular flexibility index (Phi) is 5.85. The molecule has 1 aromatic carbocycles. The van der Waals surface area contributed by atoms with Gasteiger partial charge in [-0.1, -0.05) is 30.5 Å². The van der Waals surface area contributed by atoms with E-state index in [1.54, 1.807) is 6.92 Å². The molecule has 142 valence electrons. The van der Waals surface area contributed by atoms with Crippen molar-refractivity contribution < 1.29 is 19.5 Å². The third-order valence-corrected chi connectivity index (χ3v) is 6.17. The van der Waals surface area contributed by atoms with Gasteiger partial charge >= 0.3 is 5.97 Å². The van der Waals surface area contributed by atoms with Crippen LogP contribution in [0.4, 0.5) is 0 Å². The lowest BCUT2D eigenvalue weighted by atomic mass is 9.90. The first-order chi connectivity index (χ1) is 12.8. The first-order valence-electron chi connectivity index (χ1n) is 9.20. The summed E-state index contributed by atoms with van der Waals surface area (Å²) in [7, 11) is 0. The molecule has 1 N–H and O–H groups in total. The Morgan fingerprint density at radius 3 is 2.48 bits per heavy atom. The maximum atomic E-state index is 12.9. The van der Waals surface area contributed by atoms with Crippen LogP contribution in [0.2, 0.25) is 0 Å². The van der Waals surface area contributed by atoms with Gasteiger partial charge in [0.2, 0.25) is 0 Å². The molecule has 0 saturated heterocycles. The molecule has 1 fully saturated rings. The number of hydrogen-bond donors (Lipinski definition) is 1. The van der Waals surface area contributed by atoms with Gasteiger partial charge in [-0.05, 0) is 38.3 Å². The molecule has 0 amide bonds. The lowest BCUT2D eigenvalue weighted by Crippen LogP contribution is -2.16. The average molecular weight is 385 g/mol. The number of carbonyl (C=O) groups is 3. The molecule has 1 aliphatic rings. The molecule has 0 aliphatic heterocycles. The number of aromatic nitrogens is 1. The Hall–Kier alpha value is -2.34. The highest BCUT2D eigenvalue weighted by atomic mass is 32.1. The van der Waals surface area contributed by atoms with Gasteiger partial charge in [0, 0.05) is 17.9 Å². The largest absolute Gasteiger partial charge is 0.477 e. The van der Waals surface area contributed by atoms with E-state index in [1.807, 2.05) is 25.1 Å². The van der Waals surface area contributed by atoms with Crippen LogP contribution in [0.15, 0.2) is 18.2 Å². The molecule has 1 saturated carbocycles. The quantitative estimate of drug-likeness (QED) is 0.723. The predicted octanol–water partition coefficient (Wildman–Crippen LogP) is 4.19. The van der Waals surface area contributed by atoms with E-state index in [4.69, 9.17) is 5.11 Å². The van der Waals surface area contributed by atoms with Gasteiger partial charge in [-0.3, -0.25) is 9.59 Å². The number of carbonyl (C=O) groups excluding carboxylic acids is 2. The van der Waals surface area contributed by atoms with Crippen LogP contribution in [-0.2, 0) is 17.6 Å². The number of aryl methyl sites for hydroxylation is 2. The highest BCUT2D eigenvalue weighted by Gasteiger charge is 2.26. The summed E-state index contributed by atoms with van der Waals surface area (Å²) in [4.78, 5) is 41.0. The van der Waals surface area contributed by atoms with Gasteiger partial charge in [0.05, 0.1) is 12.1 Å². The van der Waals surface area contributed by atoms with E-state index in [2.05, 4.69) is 4.98 Å². The number of carboxylic acids is 1. The summed E-state index contributed by atoms with van der Waals surface area (Å²) in [6.07, 6.45) is 4.28. The van der Waals surface area contributed by atoms with E-state index in [0.717, 1.165) is 48.1 Å². The molecule has 0 atom stereocenters. The fourth-order valence-electron chi connectivity index (χ4n) is 3.65. The van der Waals surface area contributed by atoms with Crippen LogP contribution in [0.3, 0.4) is 0 Å². The van der Waals surface area contributed by atoms with E-state index in [0.29, 0.717) is 16.3 Å². The fourth-order valence-corrected chi connectivity index (χ4v) is 4.58. The number of benzene rings is 1. The third-order valence-electron chi connectivity index (χ3n) is 5.03. The van der Waals surface area contributed by atoms with Crippen molar-refractivity contribution in [2.75, 3.05) is 0 Å². The summed E-state index contributed by atoms with van der Waals surface area (Å²) in [6, 6.07) is 5.68. The van der Waals surface area contributed by atoms with Gasteiger partial charge in [-0.25, -0.2) is 9.78 Å². The SMILES string of the molecule is Cc1ccc(CC(=O)Cc2nc(C)c(C(=O)O)s2)c(C(=O)C2CCCC2)c1. The molecule has 0 unspecified atom stereocenters. The number of carboxylic acid groups (broad SMARTS) is 1. The number of Topliss-reactive ketones (excluding diaryl/α,β-unsaturated/α-hetero) is 2. The van der Waals surface area contributed by atoms with Crippen molar-refractivity contribution in [1.82, 2.24) is 4.98 Å². The second kappa shape index (κ2) is 8.13. The van der Waals surface area contributed by atoms with Crippen molar-refractivity contribution in [3.63, 3.8) is 0 Å². The number of aromatic carboxylic acids is 1. The molecule has 1 aromatic heterocycles. The summed E-state index contributed by atoms with van der Waals surface area (Å²) in [5, 5.41) is 9.63. The Morgan fingerprint density at radius 2 is 1.85 bits per heavy atom. The standard InChI is InChI=1S/C21H23NO4S/c1-12-7-8-15(17(9-12)19(24)14-5-3-4-6-14)10-16(23)11-18-22-13(2)20(27-18)21(25)26/h7-9,14H,3-6,10-11H2,1-2H3,(H,25,26). The molecular weight excluding hydrogens is 362 g/mol. The molecule has 2 aromatic rings. The van der Waals surface area contributed by atoms with E-state index in [9.17, 15) is 14.4 Å². The van der Waals surface area contributed by atoms with E-state index in [-0.39, 0.29) is 35.2 Å². The average Bonchev–Trinajstić information content (AvgIpc) is 3.25. The van der Waals surface area contributed by atoms with Crippen molar-refractivity contribution in [3.05, 3.63) is 50.5 Å². The van der Waals surface area contributed by atoms with Crippen LogP contribution < -0.4 is 0 Å². The van der Waals surface area contributed by atoms with Crippen LogP contribution in [-0.4, -0.2) is 27.6 Å². The zero-order valence-corrected chi connectivity index (χ0v) is 16.4. The van der Waals surface area contributed by atoms with Crippen molar-refractivity contribution in [2.24, 2.45) is 5.92 Å². The Balaban J connectivity index is 1.76. The third kappa shape index (κ3) is 4.50. The zero-order chi connectivity index (χ0) is 19.6. The van der Waals surface area contributed by atoms with Crippen molar-refractivity contribution in [1.29, 1.82) is 0 Å². The summed E-state index contributed by atoms with van der Waals surface area (Å²) < 4.78 is 0. The number of rotatable bonds is 7. The monoisotopic (exact) mass is 385 g/mol. The van der Waals surface area contributed by atoms with E-state index in [1.165, 1.54) is 0 Å². The van der Waals surface area contributed by atoms with Crippen molar-refractivity contribution >= 4 is 28.9 Å². The van der Waals surface area contributed by atoms with Gasteiger partial charge in [-0.15, -0.1) is 11.3 Å². The van der Waals surface area contributed by atoms with Gasteiger partial charge in [0.25, 0.3) is 0 Å². The van der Waals surface area contributed by atoms with Crippen molar-refractivity contribution in [2.45, 2.75) is 52.4 Å². The van der Waals surface area contributed by atoms with Crippen LogP contribution in [0.25, 0.3) is 0 Å². The summed E-state index contributed by atoms with van der Waals surface area (Å²) >= 11 is 1.04. The van der Waals surface area contributed by atoms with Crippen LogP contribution in [0, 0.1) is 19.8 Å². The molecule has 1 aliphatic carbocycles. The number of nitrogens with zero attached hydrogens (tertiary/aromatic N) is 1. The minimum absolute atomic E-state index is 0.0648. The molecule has 0 bridgehead atoms. The van der Waals surface area contributed by atoms with E-state index < -0.39 is 5.97 Å². The Labute approximate surface area is 162 Å². The summed E-state index contributed by atoms with van der Waals surface area (Å²) in [6.45, 7) is 3.58. The predicted molar refractivity (Wildman–Crippen MR) is 104 cm³/mol. The second-order valence-corrected chi connectivity index (χ2v) is 8.31. The first kappa shape index (κ1) is 19.4. The van der Waals surface area contributed by atoms with E-state index >= 15 is 0 Å². The highest BCUT2D eigenvalue weighted by Crippen LogP contribution is 2.30. The van der Waals surface area contributed by atoms with Gasteiger partial charge in [0.15, 0.2) is 5.78 Å². The molecule has 27 heavy (non-hydrogen) atoms. The number of ketones is 2. The molecule has 3 rings (SSSR count). The van der Waals surface area contributed by atoms with Gasteiger partial charge in [-0.2, -0.15) is 0 Å². The molecular formula is C21H23NO4S. The minimum Gasteiger partial charge on any atom is -0.477 e. The Bertz CT molecular complexity index is 894. The molecule has 5 nitrogen and oxygen atoms in total. The molecule has 0 radical (unpaired) electrons. The number of thiazole rings is 1. The van der Waals surface area contributed by atoms with Gasteiger partial charge < -0.3 is 5.11 Å². The minimum atomic E-state index is -1.02. The molecule has 6 heteroatoms. The maximum absolute atomic E-state index is 12.9.